The van der Waals surface area contributed by atoms with Crippen molar-refractivity contribution >= 4 is 29.7 Å². The van der Waals surface area contributed by atoms with Crippen molar-refractivity contribution in [3.63, 3.8) is 0 Å². The molecule has 8 nitrogen and oxygen atoms in total. The number of anilines is 1. The molecule has 0 bridgehead atoms. The van der Waals surface area contributed by atoms with Gasteiger partial charge in [-0.3, -0.25) is 14.9 Å². The molecule has 9 heteroatoms. The molecule has 1 aromatic carbocycles. The molecule has 23 heavy (non-hydrogen) atoms. The summed E-state index contributed by atoms with van der Waals surface area (Å²) in [4.78, 5) is 24.6. The normalized spacial score (nSPS) is 14.8. The van der Waals surface area contributed by atoms with Crippen LogP contribution in [0.15, 0.2) is 18.2 Å². The molecule has 1 saturated heterocycles. The molecule has 1 aliphatic rings. The predicted molar refractivity (Wildman–Crippen MR) is 91.0 cm³/mol. The van der Waals surface area contributed by atoms with Crippen molar-refractivity contribution in [1.29, 1.82) is 0 Å². The summed E-state index contributed by atoms with van der Waals surface area (Å²) >= 11 is 0. The molecule has 0 aliphatic carbocycles. The Morgan fingerprint density at radius 1 is 1.39 bits per heavy atom. The van der Waals surface area contributed by atoms with Gasteiger partial charge in [-0.05, 0) is 19.0 Å². The number of nitrogens with one attached hydrogen (secondary N) is 2. The SMILES string of the molecule is Cl.Nc1c(C(=O)NCCCN2CCNCC2)cccc1[N+](=O)[O-]. The number of para-hydroxylation sites is 1. The zero-order valence-corrected chi connectivity index (χ0v) is 13.6. The van der Waals surface area contributed by atoms with Gasteiger partial charge >= 0.3 is 0 Å². The number of amides is 1. The molecule has 1 aliphatic heterocycles. The summed E-state index contributed by atoms with van der Waals surface area (Å²) in [7, 11) is 0. The molecule has 0 radical (unpaired) electrons. The van der Waals surface area contributed by atoms with E-state index < -0.39 is 4.92 Å². The Kier molecular flexibility index (Phi) is 7.73. The van der Waals surface area contributed by atoms with Crippen LogP contribution in [-0.4, -0.2) is 55.0 Å². The second-order valence-electron chi connectivity index (χ2n) is 5.20. The van der Waals surface area contributed by atoms with Crippen LogP contribution in [0.4, 0.5) is 11.4 Å². The Balaban J connectivity index is 0.00000264. The Morgan fingerprint density at radius 2 is 2.09 bits per heavy atom. The van der Waals surface area contributed by atoms with Gasteiger partial charge in [0.15, 0.2) is 0 Å². The van der Waals surface area contributed by atoms with Gasteiger partial charge in [0.2, 0.25) is 0 Å². The highest BCUT2D eigenvalue weighted by Crippen LogP contribution is 2.24. The van der Waals surface area contributed by atoms with Gasteiger partial charge in [-0.2, -0.15) is 0 Å². The zero-order chi connectivity index (χ0) is 15.9. The first-order valence-electron chi connectivity index (χ1n) is 7.33. The lowest BCUT2D eigenvalue weighted by atomic mass is 10.1. The second kappa shape index (κ2) is 9.29. The number of nitro benzene ring substituents is 1. The summed E-state index contributed by atoms with van der Waals surface area (Å²) in [5.74, 6) is -0.374. The minimum atomic E-state index is -0.587. The molecular weight excluding hydrogens is 322 g/mol. The van der Waals surface area contributed by atoms with Crippen LogP contribution in [0.5, 0.6) is 0 Å². The maximum absolute atomic E-state index is 12.1. The van der Waals surface area contributed by atoms with Gasteiger partial charge in [-0.1, -0.05) is 6.07 Å². The first-order valence-corrected chi connectivity index (χ1v) is 7.33. The minimum Gasteiger partial charge on any atom is -0.393 e. The number of rotatable bonds is 6. The van der Waals surface area contributed by atoms with Gasteiger partial charge < -0.3 is 21.3 Å². The second-order valence-corrected chi connectivity index (χ2v) is 5.20. The average Bonchev–Trinajstić information content (AvgIpc) is 2.52. The highest BCUT2D eigenvalue weighted by atomic mass is 35.5. The van der Waals surface area contributed by atoms with Crippen LogP contribution in [0.3, 0.4) is 0 Å². The van der Waals surface area contributed by atoms with Crippen LogP contribution in [0.1, 0.15) is 16.8 Å². The van der Waals surface area contributed by atoms with Crippen molar-refractivity contribution in [2.75, 3.05) is 45.0 Å². The van der Waals surface area contributed by atoms with E-state index in [2.05, 4.69) is 15.5 Å². The molecule has 1 heterocycles. The molecule has 128 valence electrons. The summed E-state index contributed by atoms with van der Waals surface area (Å²) in [6.07, 6.45) is 0.834. The van der Waals surface area contributed by atoms with Crippen molar-refractivity contribution in [3.05, 3.63) is 33.9 Å². The molecular formula is C14H22ClN5O3. The number of carbonyl (C=O) groups is 1. The van der Waals surface area contributed by atoms with E-state index in [0.717, 1.165) is 39.1 Å². The van der Waals surface area contributed by atoms with E-state index >= 15 is 0 Å². The quantitative estimate of drug-likeness (QED) is 0.302. The van der Waals surface area contributed by atoms with Crippen LogP contribution >= 0.6 is 12.4 Å². The van der Waals surface area contributed by atoms with E-state index in [9.17, 15) is 14.9 Å². The third-order valence-corrected chi connectivity index (χ3v) is 3.67. The number of nitrogens with two attached hydrogens (primary N) is 1. The number of piperazine rings is 1. The van der Waals surface area contributed by atoms with Crippen molar-refractivity contribution in [1.82, 2.24) is 15.5 Å². The fourth-order valence-electron chi connectivity index (χ4n) is 2.44. The minimum absolute atomic E-state index is 0. The van der Waals surface area contributed by atoms with Crippen LogP contribution in [0.25, 0.3) is 0 Å². The number of halogens is 1. The van der Waals surface area contributed by atoms with E-state index in [1.54, 1.807) is 0 Å². The van der Waals surface area contributed by atoms with Crippen LogP contribution in [0, 0.1) is 10.1 Å². The van der Waals surface area contributed by atoms with Crippen molar-refractivity contribution in [3.8, 4) is 0 Å². The third kappa shape index (κ3) is 5.34. The van der Waals surface area contributed by atoms with Gasteiger partial charge in [0.25, 0.3) is 11.6 Å². The molecule has 0 atom stereocenters. The van der Waals surface area contributed by atoms with Crippen LogP contribution in [0.2, 0.25) is 0 Å². The van der Waals surface area contributed by atoms with Gasteiger partial charge in [-0.25, -0.2) is 0 Å². The Morgan fingerprint density at radius 3 is 2.74 bits per heavy atom. The van der Waals surface area contributed by atoms with Crippen molar-refractivity contribution in [2.45, 2.75) is 6.42 Å². The molecule has 1 fully saturated rings. The molecule has 0 unspecified atom stereocenters. The molecule has 0 aromatic heterocycles. The van der Waals surface area contributed by atoms with Crippen LogP contribution in [-0.2, 0) is 0 Å². The summed E-state index contributed by atoms with van der Waals surface area (Å²) in [5, 5.41) is 16.9. The summed E-state index contributed by atoms with van der Waals surface area (Å²) in [6, 6.07) is 4.24. The fraction of sp³-hybridized carbons (Fsp3) is 0.500. The molecule has 1 aromatic rings. The van der Waals surface area contributed by atoms with Gasteiger partial charge in [0, 0.05) is 38.8 Å². The molecule has 1 amide bonds. The molecule has 4 N–H and O–H groups in total. The number of carbonyl (C=O) groups excluding carboxylic acids is 1. The zero-order valence-electron chi connectivity index (χ0n) is 12.8. The molecule has 0 spiro atoms. The monoisotopic (exact) mass is 343 g/mol. The van der Waals surface area contributed by atoms with E-state index in [4.69, 9.17) is 5.73 Å². The molecule has 2 rings (SSSR count). The van der Waals surface area contributed by atoms with Gasteiger partial charge in [-0.15, -0.1) is 12.4 Å². The first-order chi connectivity index (χ1) is 10.6. The summed E-state index contributed by atoms with van der Waals surface area (Å²) in [5.41, 5.74) is 5.51. The summed E-state index contributed by atoms with van der Waals surface area (Å²) in [6.45, 7) is 5.47. The maximum Gasteiger partial charge on any atom is 0.292 e. The number of nitrogens with zero attached hydrogens (tertiary/aromatic N) is 2. The third-order valence-electron chi connectivity index (χ3n) is 3.67. The number of benzene rings is 1. The van der Waals surface area contributed by atoms with E-state index in [-0.39, 0.29) is 35.3 Å². The van der Waals surface area contributed by atoms with E-state index in [1.165, 1.54) is 18.2 Å². The van der Waals surface area contributed by atoms with Gasteiger partial charge in [0.1, 0.15) is 5.69 Å². The number of nitro groups is 1. The van der Waals surface area contributed by atoms with E-state index in [1.807, 2.05) is 0 Å². The smallest absolute Gasteiger partial charge is 0.292 e. The first kappa shape index (κ1) is 19.1. The average molecular weight is 344 g/mol. The number of hydrogen-bond acceptors (Lipinski definition) is 6. The number of nitrogen functional groups attached to an aromatic ring is 1. The Labute approximate surface area is 141 Å². The lowest BCUT2D eigenvalue weighted by Crippen LogP contribution is -2.44. The topological polar surface area (TPSA) is 114 Å². The Bertz CT molecular complexity index is 549. The number of hydrogen-bond donors (Lipinski definition) is 3. The lowest BCUT2D eigenvalue weighted by molar-refractivity contribution is -0.383. The van der Waals surface area contributed by atoms with Crippen molar-refractivity contribution in [2.24, 2.45) is 0 Å². The largest absolute Gasteiger partial charge is 0.393 e. The van der Waals surface area contributed by atoms with Gasteiger partial charge in [0.05, 0.1) is 10.5 Å². The van der Waals surface area contributed by atoms with Crippen LogP contribution < -0.4 is 16.4 Å². The molecule has 0 saturated carbocycles. The maximum atomic E-state index is 12.1. The fourth-order valence-corrected chi connectivity index (χ4v) is 2.44. The van der Waals surface area contributed by atoms with Crippen molar-refractivity contribution < 1.29 is 9.72 Å². The van der Waals surface area contributed by atoms with E-state index in [0.29, 0.717) is 6.54 Å². The lowest BCUT2D eigenvalue weighted by Gasteiger charge is -2.27. The standard InChI is InChI=1S/C14H21N5O3.ClH/c15-13-11(3-1-4-12(13)19(21)22)14(20)17-5-2-8-18-9-6-16-7-10-18;/h1,3-4,16H,2,5-10,15H2,(H,17,20);1H. The Hall–Kier alpha value is -1.90. The highest BCUT2D eigenvalue weighted by Gasteiger charge is 2.18. The summed E-state index contributed by atoms with van der Waals surface area (Å²) < 4.78 is 0. The predicted octanol–water partition coefficient (Wildman–Crippen LogP) is 0.624. The highest BCUT2D eigenvalue weighted by molar-refractivity contribution is 6.00.